The largest absolute Gasteiger partial charge is 0.493 e. The fraction of sp³-hybridized carbons (Fsp3) is 0.385. The summed E-state index contributed by atoms with van der Waals surface area (Å²) in [5.74, 6) is 0.362. The van der Waals surface area contributed by atoms with Crippen LogP contribution in [0.3, 0.4) is 0 Å². The Morgan fingerprint density at radius 3 is 2.87 bits per heavy atom. The Kier molecular flexibility index (Phi) is 4.88. The molecule has 1 aromatic carbocycles. The topological polar surface area (TPSA) is 9.23 Å². The first-order valence-corrected chi connectivity index (χ1v) is 5.29. The fourth-order valence-corrected chi connectivity index (χ4v) is 1.32. The van der Waals surface area contributed by atoms with Crippen molar-refractivity contribution in [1.29, 1.82) is 0 Å². The maximum Gasteiger partial charge on any atom is 0.127 e. The van der Waals surface area contributed by atoms with Crippen LogP contribution in [-0.2, 0) is 6.42 Å². The van der Waals surface area contributed by atoms with Crippen molar-refractivity contribution in [2.24, 2.45) is 0 Å². The number of rotatable bonds is 6. The van der Waals surface area contributed by atoms with Crippen LogP contribution in [0.15, 0.2) is 30.9 Å². The first kappa shape index (κ1) is 11.8. The van der Waals surface area contributed by atoms with Crippen LogP contribution in [0, 0.1) is 5.82 Å². The molecule has 0 amide bonds. The number of benzene rings is 1. The van der Waals surface area contributed by atoms with Crippen LogP contribution >= 0.6 is 0 Å². The quantitative estimate of drug-likeness (QED) is 0.511. The molecular formula is C13H17FO. The zero-order chi connectivity index (χ0) is 11.1. The molecule has 0 spiro atoms. The molecule has 0 fully saturated rings. The zero-order valence-electron chi connectivity index (χ0n) is 9.13. The molecule has 0 radical (unpaired) electrons. The summed E-state index contributed by atoms with van der Waals surface area (Å²) >= 11 is 0. The van der Waals surface area contributed by atoms with Crippen LogP contribution in [0.4, 0.5) is 4.39 Å². The number of hydrogen-bond acceptors (Lipinski definition) is 1. The molecule has 1 nitrogen and oxygen atoms in total. The molecule has 82 valence electrons. The van der Waals surface area contributed by atoms with E-state index in [4.69, 9.17) is 4.74 Å². The van der Waals surface area contributed by atoms with E-state index in [1.54, 1.807) is 6.08 Å². The standard InChI is InChI=1S/C13H17FO/c1-3-5-7-15-13-9-11(6-4-2)8-12(14)10-13/h4,8-10H,2-3,5-7H2,1H3. The van der Waals surface area contributed by atoms with Crippen LogP contribution in [0.5, 0.6) is 5.75 Å². The van der Waals surface area contributed by atoms with E-state index < -0.39 is 0 Å². The average molecular weight is 208 g/mol. The Bertz CT molecular complexity index is 320. The molecule has 0 heterocycles. The van der Waals surface area contributed by atoms with Crippen LogP contribution in [0.25, 0.3) is 0 Å². The van der Waals surface area contributed by atoms with Gasteiger partial charge in [-0.1, -0.05) is 19.4 Å². The van der Waals surface area contributed by atoms with Gasteiger partial charge in [-0.25, -0.2) is 4.39 Å². The van der Waals surface area contributed by atoms with Crippen LogP contribution in [0.2, 0.25) is 0 Å². The molecule has 15 heavy (non-hydrogen) atoms. The highest BCUT2D eigenvalue weighted by atomic mass is 19.1. The first-order chi connectivity index (χ1) is 7.26. The minimum absolute atomic E-state index is 0.249. The van der Waals surface area contributed by atoms with E-state index in [-0.39, 0.29) is 5.82 Å². The van der Waals surface area contributed by atoms with E-state index in [9.17, 15) is 4.39 Å². The molecule has 1 aromatic rings. The summed E-state index contributed by atoms with van der Waals surface area (Å²) in [7, 11) is 0. The molecule has 2 heteroatoms. The Morgan fingerprint density at radius 2 is 2.20 bits per heavy atom. The lowest BCUT2D eigenvalue weighted by molar-refractivity contribution is 0.307. The van der Waals surface area contributed by atoms with E-state index in [1.165, 1.54) is 12.1 Å². The molecule has 0 aromatic heterocycles. The third-order valence-corrected chi connectivity index (χ3v) is 2.08. The lowest BCUT2D eigenvalue weighted by Gasteiger charge is -2.07. The second-order valence-corrected chi connectivity index (χ2v) is 3.49. The van der Waals surface area contributed by atoms with Gasteiger partial charge in [-0.15, -0.1) is 6.58 Å². The van der Waals surface area contributed by atoms with E-state index >= 15 is 0 Å². The predicted molar refractivity (Wildman–Crippen MR) is 60.7 cm³/mol. The molecular weight excluding hydrogens is 191 g/mol. The minimum atomic E-state index is -0.249. The number of ether oxygens (including phenoxy) is 1. The van der Waals surface area contributed by atoms with Gasteiger partial charge in [0.2, 0.25) is 0 Å². The van der Waals surface area contributed by atoms with Gasteiger partial charge in [0.15, 0.2) is 0 Å². The SMILES string of the molecule is C=CCc1cc(F)cc(OCCCC)c1. The third-order valence-electron chi connectivity index (χ3n) is 2.08. The number of unbranched alkanes of at least 4 members (excludes halogenated alkanes) is 1. The number of allylic oxidation sites excluding steroid dienone is 1. The average Bonchev–Trinajstić information content (AvgIpc) is 2.18. The van der Waals surface area contributed by atoms with E-state index in [0.29, 0.717) is 18.8 Å². The summed E-state index contributed by atoms with van der Waals surface area (Å²) in [6.07, 6.45) is 4.49. The van der Waals surface area contributed by atoms with E-state index in [1.807, 2.05) is 6.07 Å². The first-order valence-electron chi connectivity index (χ1n) is 5.29. The van der Waals surface area contributed by atoms with Crippen LogP contribution in [-0.4, -0.2) is 6.61 Å². The second kappa shape index (κ2) is 6.23. The Balaban J connectivity index is 2.65. The fourth-order valence-electron chi connectivity index (χ4n) is 1.32. The molecule has 0 N–H and O–H groups in total. The molecule has 0 saturated carbocycles. The maximum absolute atomic E-state index is 13.1. The zero-order valence-corrected chi connectivity index (χ0v) is 9.13. The van der Waals surface area contributed by atoms with Crippen molar-refractivity contribution < 1.29 is 9.13 Å². The van der Waals surface area contributed by atoms with Gasteiger partial charge in [0, 0.05) is 6.07 Å². The Labute approximate surface area is 90.6 Å². The summed E-state index contributed by atoms with van der Waals surface area (Å²) < 4.78 is 18.6. The van der Waals surface area contributed by atoms with Gasteiger partial charge in [-0.2, -0.15) is 0 Å². The Hall–Kier alpha value is -1.31. The van der Waals surface area contributed by atoms with Crippen molar-refractivity contribution >= 4 is 0 Å². The summed E-state index contributed by atoms with van der Waals surface area (Å²) in [5.41, 5.74) is 0.900. The van der Waals surface area contributed by atoms with E-state index in [2.05, 4.69) is 13.5 Å². The molecule has 0 atom stereocenters. The molecule has 0 saturated heterocycles. The van der Waals surface area contributed by atoms with Gasteiger partial charge in [0.25, 0.3) is 0 Å². The van der Waals surface area contributed by atoms with Gasteiger partial charge in [0.1, 0.15) is 11.6 Å². The summed E-state index contributed by atoms with van der Waals surface area (Å²) in [6, 6.07) is 4.79. The third kappa shape index (κ3) is 4.15. The van der Waals surface area contributed by atoms with Gasteiger partial charge in [0.05, 0.1) is 6.61 Å². The monoisotopic (exact) mass is 208 g/mol. The summed E-state index contributed by atoms with van der Waals surface area (Å²) in [5, 5.41) is 0. The summed E-state index contributed by atoms with van der Waals surface area (Å²) in [4.78, 5) is 0. The van der Waals surface area contributed by atoms with Gasteiger partial charge in [-0.3, -0.25) is 0 Å². The van der Waals surface area contributed by atoms with Gasteiger partial charge >= 0.3 is 0 Å². The molecule has 0 bridgehead atoms. The lowest BCUT2D eigenvalue weighted by Crippen LogP contribution is -1.97. The molecule has 0 aliphatic carbocycles. The van der Waals surface area contributed by atoms with Crippen LogP contribution < -0.4 is 4.74 Å². The van der Waals surface area contributed by atoms with Crippen molar-refractivity contribution in [3.8, 4) is 5.75 Å². The molecule has 1 rings (SSSR count). The molecule has 0 aliphatic heterocycles. The smallest absolute Gasteiger partial charge is 0.127 e. The highest BCUT2D eigenvalue weighted by molar-refractivity contribution is 5.30. The molecule has 0 aliphatic rings. The normalized spacial score (nSPS) is 10.0. The highest BCUT2D eigenvalue weighted by Crippen LogP contribution is 2.17. The maximum atomic E-state index is 13.1. The van der Waals surface area contributed by atoms with Gasteiger partial charge in [-0.05, 0) is 30.5 Å². The van der Waals surface area contributed by atoms with Crippen molar-refractivity contribution in [3.05, 3.63) is 42.2 Å². The minimum Gasteiger partial charge on any atom is -0.493 e. The highest BCUT2D eigenvalue weighted by Gasteiger charge is 2.00. The van der Waals surface area contributed by atoms with Crippen molar-refractivity contribution in [3.63, 3.8) is 0 Å². The molecule has 0 unspecified atom stereocenters. The second-order valence-electron chi connectivity index (χ2n) is 3.49. The predicted octanol–water partition coefficient (Wildman–Crippen LogP) is 3.73. The van der Waals surface area contributed by atoms with Crippen molar-refractivity contribution in [2.45, 2.75) is 26.2 Å². The Morgan fingerprint density at radius 1 is 1.40 bits per heavy atom. The van der Waals surface area contributed by atoms with Crippen molar-refractivity contribution in [1.82, 2.24) is 0 Å². The van der Waals surface area contributed by atoms with Crippen molar-refractivity contribution in [2.75, 3.05) is 6.61 Å². The van der Waals surface area contributed by atoms with E-state index in [0.717, 1.165) is 18.4 Å². The lowest BCUT2D eigenvalue weighted by atomic mass is 10.1. The number of halogens is 1. The van der Waals surface area contributed by atoms with Gasteiger partial charge < -0.3 is 4.74 Å². The number of hydrogen-bond donors (Lipinski definition) is 0. The summed E-state index contributed by atoms with van der Waals surface area (Å²) in [6.45, 7) is 6.37. The van der Waals surface area contributed by atoms with Crippen LogP contribution in [0.1, 0.15) is 25.3 Å².